The third-order valence-corrected chi connectivity index (χ3v) is 4.99. The third-order valence-electron chi connectivity index (χ3n) is 4.99. The van der Waals surface area contributed by atoms with Crippen LogP contribution in [0.1, 0.15) is 33.2 Å². The average Bonchev–Trinajstić information content (AvgIpc) is 3.16. The molecule has 7 heteroatoms. The predicted octanol–water partition coefficient (Wildman–Crippen LogP) is 3.61. The number of hydrogen-bond acceptors (Lipinski definition) is 4. The molecule has 1 saturated heterocycles. The first kappa shape index (κ1) is 19.1. The van der Waals surface area contributed by atoms with Crippen LogP contribution in [0.5, 0.6) is 5.75 Å². The predicted molar refractivity (Wildman–Crippen MR) is 108 cm³/mol. The molecule has 0 aliphatic carbocycles. The molecular weight excluding hydrogens is 342 g/mol. The van der Waals surface area contributed by atoms with Gasteiger partial charge in [0, 0.05) is 32.2 Å². The molecule has 0 spiro atoms. The van der Waals surface area contributed by atoms with E-state index in [-0.39, 0.29) is 12.1 Å². The van der Waals surface area contributed by atoms with Crippen LogP contribution in [0.3, 0.4) is 0 Å². The maximum Gasteiger partial charge on any atom is 0.323 e. The Hall–Kier alpha value is -2.70. The quantitative estimate of drug-likeness (QED) is 0.843. The molecule has 146 valence electrons. The number of urea groups is 1. The van der Waals surface area contributed by atoms with Crippen LogP contribution in [0, 0.1) is 0 Å². The summed E-state index contributed by atoms with van der Waals surface area (Å²) in [5.74, 6) is 1.65. The molecular formula is C20H29N5O2. The van der Waals surface area contributed by atoms with Crippen molar-refractivity contribution in [3.63, 3.8) is 0 Å². The van der Waals surface area contributed by atoms with Gasteiger partial charge in [0.15, 0.2) is 0 Å². The van der Waals surface area contributed by atoms with Crippen molar-refractivity contribution in [1.82, 2.24) is 14.7 Å². The van der Waals surface area contributed by atoms with Gasteiger partial charge in [-0.3, -0.25) is 5.32 Å². The Morgan fingerprint density at radius 1 is 1.19 bits per heavy atom. The number of aromatic nitrogens is 2. The topological polar surface area (TPSA) is 62.6 Å². The van der Waals surface area contributed by atoms with Crippen molar-refractivity contribution in [2.45, 2.75) is 33.2 Å². The van der Waals surface area contributed by atoms with Crippen molar-refractivity contribution >= 4 is 17.5 Å². The molecule has 2 heterocycles. The number of anilines is 2. The highest BCUT2D eigenvalue weighted by Gasteiger charge is 2.24. The fourth-order valence-corrected chi connectivity index (χ4v) is 3.27. The van der Waals surface area contributed by atoms with Gasteiger partial charge in [0.1, 0.15) is 11.6 Å². The summed E-state index contributed by atoms with van der Waals surface area (Å²) in [7, 11) is 0. The maximum atomic E-state index is 12.7. The van der Waals surface area contributed by atoms with Crippen molar-refractivity contribution < 1.29 is 9.53 Å². The molecule has 1 aromatic heterocycles. The monoisotopic (exact) mass is 371 g/mol. The van der Waals surface area contributed by atoms with E-state index < -0.39 is 0 Å². The zero-order valence-corrected chi connectivity index (χ0v) is 16.4. The van der Waals surface area contributed by atoms with Gasteiger partial charge in [0.2, 0.25) is 0 Å². The van der Waals surface area contributed by atoms with Crippen LogP contribution in [-0.4, -0.2) is 53.5 Å². The minimum atomic E-state index is -0.0715. The van der Waals surface area contributed by atoms with E-state index in [1.165, 1.54) is 0 Å². The summed E-state index contributed by atoms with van der Waals surface area (Å²) in [5.41, 5.74) is 1.09. The second-order valence-corrected chi connectivity index (χ2v) is 6.72. The molecule has 3 rings (SSSR count). The summed E-state index contributed by atoms with van der Waals surface area (Å²) >= 11 is 0. The Kier molecular flexibility index (Phi) is 6.21. The molecule has 1 atom stereocenters. The van der Waals surface area contributed by atoms with E-state index in [0.29, 0.717) is 19.7 Å². The number of hydrogen-bond donors (Lipinski definition) is 1. The van der Waals surface area contributed by atoms with Gasteiger partial charge in [0.05, 0.1) is 24.5 Å². The second-order valence-electron chi connectivity index (χ2n) is 6.72. The first-order chi connectivity index (χ1) is 13.1. The smallest absolute Gasteiger partial charge is 0.323 e. The zero-order chi connectivity index (χ0) is 19.2. The molecule has 0 saturated carbocycles. The lowest BCUT2D eigenvalue weighted by Gasteiger charge is -2.36. The number of ether oxygens (including phenoxy) is 1. The molecule has 2 aromatic rings. The lowest BCUT2D eigenvalue weighted by Crippen LogP contribution is -2.50. The fraction of sp³-hybridized carbons (Fsp3) is 0.500. The lowest BCUT2D eigenvalue weighted by molar-refractivity contribution is 0.207. The van der Waals surface area contributed by atoms with E-state index in [4.69, 9.17) is 4.74 Å². The number of carbonyl (C=O) groups excluding carboxylic acids is 1. The molecule has 7 nitrogen and oxygen atoms in total. The number of benzene rings is 1. The molecule has 0 radical (unpaired) electrons. The minimum Gasteiger partial charge on any atom is -0.492 e. The largest absolute Gasteiger partial charge is 0.492 e. The van der Waals surface area contributed by atoms with Crippen LogP contribution < -0.4 is 15.0 Å². The summed E-state index contributed by atoms with van der Waals surface area (Å²) < 4.78 is 7.60. The first-order valence-corrected chi connectivity index (χ1v) is 9.70. The molecule has 27 heavy (non-hydrogen) atoms. The van der Waals surface area contributed by atoms with Gasteiger partial charge in [-0.1, -0.05) is 19.1 Å². The Morgan fingerprint density at radius 3 is 2.63 bits per heavy atom. The van der Waals surface area contributed by atoms with Gasteiger partial charge in [-0.15, -0.1) is 0 Å². The number of rotatable bonds is 6. The Morgan fingerprint density at radius 2 is 1.93 bits per heavy atom. The number of para-hydroxylation sites is 2. The summed E-state index contributed by atoms with van der Waals surface area (Å²) in [6.45, 7) is 9.73. The van der Waals surface area contributed by atoms with Crippen LogP contribution in [0.2, 0.25) is 0 Å². The Labute approximate surface area is 160 Å². The summed E-state index contributed by atoms with van der Waals surface area (Å²) in [6, 6.07) is 10.1. The van der Waals surface area contributed by atoms with Crippen LogP contribution in [-0.2, 0) is 0 Å². The molecule has 2 amide bonds. The number of nitrogens with zero attached hydrogens (tertiary/aromatic N) is 4. The molecule has 1 aromatic carbocycles. The Bertz CT molecular complexity index is 752. The summed E-state index contributed by atoms with van der Waals surface area (Å²) in [4.78, 5) is 16.8. The van der Waals surface area contributed by atoms with Gasteiger partial charge in [-0.25, -0.2) is 9.48 Å². The molecule has 0 unspecified atom stereocenters. The van der Waals surface area contributed by atoms with E-state index in [9.17, 15) is 4.79 Å². The molecule has 0 bridgehead atoms. The lowest BCUT2D eigenvalue weighted by atomic mass is 10.2. The van der Waals surface area contributed by atoms with Crippen molar-refractivity contribution in [3.8, 4) is 5.75 Å². The zero-order valence-electron chi connectivity index (χ0n) is 16.4. The van der Waals surface area contributed by atoms with E-state index in [2.05, 4.69) is 35.2 Å². The highest BCUT2D eigenvalue weighted by Crippen LogP contribution is 2.29. The standard InChI is InChI=1S/C20H29N5O2/c1-4-16(3)25-19(10-11-21-25)22-20(26)24-14-12-23(13-15-24)17-8-6-7-9-18(17)27-5-2/h6-11,16H,4-5,12-15H2,1-3H3,(H,22,26)/t16-/m1/s1. The second kappa shape index (κ2) is 8.79. The van der Waals surface area contributed by atoms with Gasteiger partial charge in [-0.05, 0) is 32.4 Å². The van der Waals surface area contributed by atoms with Gasteiger partial charge < -0.3 is 14.5 Å². The van der Waals surface area contributed by atoms with Crippen molar-refractivity contribution in [1.29, 1.82) is 0 Å². The number of piperazine rings is 1. The van der Waals surface area contributed by atoms with Crippen molar-refractivity contribution in [3.05, 3.63) is 36.5 Å². The third kappa shape index (κ3) is 4.35. The summed E-state index contributed by atoms with van der Waals surface area (Å²) in [6.07, 6.45) is 2.69. The fourth-order valence-electron chi connectivity index (χ4n) is 3.27. The van der Waals surface area contributed by atoms with E-state index in [0.717, 1.165) is 36.8 Å². The summed E-state index contributed by atoms with van der Waals surface area (Å²) in [5, 5.41) is 7.33. The Balaban J connectivity index is 1.60. The van der Waals surface area contributed by atoms with Crippen LogP contribution in [0.25, 0.3) is 0 Å². The van der Waals surface area contributed by atoms with Crippen molar-refractivity contribution in [2.24, 2.45) is 0 Å². The molecule has 1 fully saturated rings. The average molecular weight is 371 g/mol. The van der Waals surface area contributed by atoms with Crippen LogP contribution in [0.15, 0.2) is 36.5 Å². The maximum absolute atomic E-state index is 12.7. The minimum absolute atomic E-state index is 0.0715. The van der Waals surface area contributed by atoms with Gasteiger partial charge in [0.25, 0.3) is 0 Å². The number of nitrogens with one attached hydrogen (secondary N) is 1. The van der Waals surface area contributed by atoms with E-state index >= 15 is 0 Å². The van der Waals surface area contributed by atoms with Crippen molar-refractivity contribution in [2.75, 3.05) is 43.0 Å². The van der Waals surface area contributed by atoms with E-state index in [1.807, 2.05) is 40.8 Å². The van der Waals surface area contributed by atoms with Gasteiger partial charge >= 0.3 is 6.03 Å². The van der Waals surface area contributed by atoms with Crippen LogP contribution in [0.4, 0.5) is 16.3 Å². The van der Waals surface area contributed by atoms with Gasteiger partial charge in [-0.2, -0.15) is 5.10 Å². The number of carbonyl (C=O) groups is 1. The molecule has 1 aliphatic heterocycles. The highest BCUT2D eigenvalue weighted by molar-refractivity contribution is 5.88. The highest BCUT2D eigenvalue weighted by atomic mass is 16.5. The SMILES string of the molecule is CCOc1ccccc1N1CCN(C(=O)Nc2ccnn2[C@H](C)CC)CC1. The van der Waals surface area contributed by atoms with Crippen LogP contribution >= 0.6 is 0 Å². The first-order valence-electron chi connectivity index (χ1n) is 9.70. The molecule has 1 aliphatic rings. The normalized spacial score (nSPS) is 15.5. The molecule has 1 N–H and O–H groups in total. The van der Waals surface area contributed by atoms with E-state index in [1.54, 1.807) is 6.20 Å². The number of amides is 2.